The first kappa shape index (κ1) is 22.4. The van der Waals surface area contributed by atoms with Crippen LogP contribution in [0, 0.1) is 28.6 Å². The van der Waals surface area contributed by atoms with Crippen LogP contribution in [-0.2, 0) is 9.53 Å². The Bertz CT molecular complexity index is 439. The van der Waals surface area contributed by atoms with Crippen LogP contribution in [-0.4, -0.2) is 24.3 Å². The molecule has 0 aliphatic heterocycles. The Morgan fingerprint density at radius 2 is 2.17 bits per heavy atom. The maximum Gasteiger partial charge on any atom is 0.311 e. The molecule has 1 N–H and O–H groups in total. The third-order valence-corrected chi connectivity index (χ3v) is 4.47. The van der Waals surface area contributed by atoms with E-state index in [0.717, 1.165) is 12.8 Å². The molecule has 4 heteroatoms. The summed E-state index contributed by atoms with van der Waals surface area (Å²) in [6, 6.07) is 2.31. The molecule has 3 atom stereocenters. The van der Waals surface area contributed by atoms with Crippen LogP contribution in [0.1, 0.15) is 59.3 Å². The van der Waals surface area contributed by atoms with E-state index in [1.54, 1.807) is 0 Å². The largest absolute Gasteiger partial charge is 0.465 e. The number of nitriles is 1. The van der Waals surface area contributed by atoms with E-state index in [1.807, 2.05) is 26.0 Å². The van der Waals surface area contributed by atoms with Crippen molar-refractivity contribution in [3.05, 3.63) is 24.8 Å². The van der Waals surface area contributed by atoms with E-state index in [2.05, 4.69) is 25.6 Å². The number of esters is 1. The van der Waals surface area contributed by atoms with E-state index in [1.165, 1.54) is 0 Å². The normalized spacial score (nSPS) is 16.1. The van der Waals surface area contributed by atoms with Crippen molar-refractivity contribution in [3.8, 4) is 6.07 Å². The fourth-order valence-electron chi connectivity index (χ4n) is 2.36. The smallest absolute Gasteiger partial charge is 0.311 e. The Kier molecular flexibility index (Phi) is 11.9. The number of aliphatic hydroxyl groups excluding tert-OH is 1. The summed E-state index contributed by atoms with van der Waals surface area (Å²) in [6.45, 7) is 9.93. The topological polar surface area (TPSA) is 70.3 Å². The zero-order valence-electron chi connectivity index (χ0n) is 15.5. The van der Waals surface area contributed by atoms with Gasteiger partial charge < -0.3 is 9.84 Å². The molecule has 0 heterocycles. The first-order valence-corrected chi connectivity index (χ1v) is 8.88. The van der Waals surface area contributed by atoms with Gasteiger partial charge in [-0.25, -0.2) is 0 Å². The lowest BCUT2D eigenvalue weighted by atomic mass is 9.78. The Hall–Kier alpha value is -1.60. The average Bonchev–Trinajstić information content (AvgIpc) is 2.59. The quantitative estimate of drug-likeness (QED) is 0.307. The molecule has 0 saturated carbocycles. The molecule has 0 rings (SSSR count). The predicted molar refractivity (Wildman–Crippen MR) is 97.1 cm³/mol. The minimum Gasteiger partial charge on any atom is -0.465 e. The highest BCUT2D eigenvalue weighted by Gasteiger charge is 2.35. The molecule has 0 aliphatic rings. The number of hydrogen-bond donors (Lipinski definition) is 1. The molecule has 0 saturated heterocycles. The van der Waals surface area contributed by atoms with E-state index in [0.29, 0.717) is 31.6 Å². The van der Waals surface area contributed by atoms with Gasteiger partial charge in [0.2, 0.25) is 0 Å². The van der Waals surface area contributed by atoms with Crippen molar-refractivity contribution in [2.75, 3.05) is 13.2 Å². The first-order chi connectivity index (χ1) is 11.4. The molecule has 24 heavy (non-hydrogen) atoms. The average molecular weight is 335 g/mol. The molecule has 0 spiro atoms. The standard InChI is InChI=1S/C20H33NO3/c1-5-17(3)11-8-7-9-12-18(16-21)15-20(4,6-2)19(23)24-14-10-13-22/h5,7,9,17-18,22H,1,6,8,10-15H2,2-4H3. The van der Waals surface area contributed by atoms with E-state index < -0.39 is 5.41 Å². The molecule has 0 aromatic rings. The summed E-state index contributed by atoms with van der Waals surface area (Å²) in [6.07, 6.45) is 10.3. The van der Waals surface area contributed by atoms with Gasteiger partial charge in [-0.1, -0.05) is 32.1 Å². The fourth-order valence-corrected chi connectivity index (χ4v) is 2.36. The third kappa shape index (κ3) is 8.88. The van der Waals surface area contributed by atoms with E-state index >= 15 is 0 Å². The van der Waals surface area contributed by atoms with Gasteiger partial charge in [0.15, 0.2) is 0 Å². The number of aliphatic hydroxyl groups is 1. The molecule has 0 aromatic carbocycles. The maximum absolute atomic E-state index is 12.3. The summed E-state index contributed by atoms with van der Waals surface area (Å²) in [4.78, 5) is 12.3. The van der Waals surface area contributed by atoms with Gasteiger partial charge in [-0.3, -0.25) is 4.79 Å². The maximum atomic E-state index is 12.3. The van der Waals surface area contributed by atoms with Gasteiger partial charge in [-0.15, -0.1) is 6.58 Å². The number of rotatable bonds is 13. The Balaban J connectivity index is 4.48. The van der Waals surface area contributed by atoms with Crippen LogP contribution >= 0.6 is 0 Å². The minimum atomic E-state index is -0.652. The zero-order valence-corrected chi connectivity index (χ0v) is 15.5. The molecule has 0 bridgehead atoms. The lowest BCUT2D eigenvalue weighted by Gasteiger charge is -2.27. The number of hydrogen-bond acceptors (Lipinski definition) is 4. The van der Waals surface area contributed by atoms with Crippen molar-refractivity contribution in [3.63, 3.8) is 0 Å². The third-order valence-electron chi connectivity index (χ3n) is 4.47. The van der Waals surface area contributed by atoms with E-state index in [9.17, 15) is 10.1 Å². The number of allylic oxidation sites excluding steroid dienone is 3. The number of carbonyl (C=O) groups excluding carboxylic acids is 1. The Morgan fingerprint density at radius 3 is 2.71 bits per heavy atom. The van der Waals surface area contributed by atoms with Gasteiger partial charge in [-0.2, -0.15) is 5.26 Å². The van der Waals surface area contributed by atoms with Crippen molar-refractivity contribution in [2.45, 2.75) is 59.3 Å². The van der Waals surface area contributed by atoms with Gasteiger partial charge in [0, 0.05) is 13.0 Å². The highest BCUT2D eigenvalue weighted by Crippen LogP contribution is 2.32. The molecule has 0 aliphatic carbocycles. The molecule has 4 nitrogen and oxygen atoms in total. The lowest BCUT2D eigenvalue weighted by Crippen LogP contribution is -2.31. The van der Waals surface area contributed by atoms with Crippen LogP contribution in [0.25, 0.3) is 0 Å². The van der Waals surface area contributed by atoms with Gasteiger partial charge >= 0.3 is 5.97 Å². The fraction of sp³-hybridized carbons (Fsp3) is 0.700. The molecule has 0 fully saturated rings. The predicted octanol–water partition coefficient (Wildman–Crippen LogP) is 4.41. The van der Waals surface area contributed by atoms with Crippen LogP contribution < -0.4 is 0 Å². The van der Waals surface area contributed by atoms with Crippen LogP contribution in [0.2, 0.25) is 0 Å². The molecule has 0 amide bonds. The molecule has 0 aromatic heterocycles. The molecule has 136 valence electrons. The number of nitrogens with zero attached hydrogens (tertiary/aromatic N) is 1. The van der Waals surface area contributed by atoms with Crippen molar-refractivity contribution in [1.29, 1.82) is 5.26 Å². The van der Waals surface area contributed by atoms with Gasteiger partial charge in [-0.05, 0) is 44.9 Å². The van der Waals surface area contributed by atoms with Gasteiger partial charge in [0.05, 0.1) is 24.0 Å². The van der Waals surface area contributed by atoms with E-state index in [4.69, 9.17) is 9.84 Å². The van der Waals surface area contributed by atoms with Gasteiger partial charge in [0.1, 0.15) is 0 Å². The summed E-state index contributed by atoms with van der Waals surface area (Å²) in [7, 11) is 0. The minimum absolute atomic E-state index is 0.00616. The summed E-state index contributed by atoms with van der Waals surface area (Å²) in [5, 5.41) is 18.1. The summed E-state index contributed by atoms with van der Waals surface area (Å²) >= 11 is 0. The van der Waals surface area contributed by atoms with Crippen LogP contribution in [0.15, 0.2) is 24.8 Å². The Morgan fingerprint density at radius 1 is 1.46 bits per heavy atom. The highest BCUT2D eigenvalue weighted by molar-refractivity contribution is 5.76. The second-order valence-corrected chi connectivity index (χ2v) is 6.65. The summed E-state index contributed by atoms with van der Waals surface area (Å²) < 4.78 is 5.23. The summed E-state index contributed by atoms with van der Waals surface area (Å²) in [5.74, 6) is 0.0226. The number of carbonyl (C=O) groups is 1. The van der Waals surface area contributed by atoms with E-state index in [-0.39, 0.29) is 25.1 Å². The second kappa shape index (κ2) is 12.8. The molecule has 3 unspecified atom stereocenters. The Labute approximate surface area is 147 Å². The summed E-state index contributed by atoms with van der Waals surface area (Å²) in [5.41, 5.74) is -0.652. The molecular formula is C20H33NO3. The lowest BCUT2D eigenvalue weighted by molar-refractivity contribution is -0.156. The van der Waals surface area contributed by atoms with Crippen molar-refractivity contribution in [2.24, 2.45) is 17.3 Å². The van der Waals surface area contributed by atoms with Crippen molar-refractivity contribution >= 4 is 5.97 Å². The monoisotopic (exact) mass is 335 g/mol. The van der Waals surface area contributed by atoms with Crippen LogP contribution in [0.3, 0.4) is 0 Å². The highest BCUT2D eigenvalue weighted by atomic mass is 16.5. The molecular weight excluding hydrogens is 302 g/mol. The zero-order chi connectivity index (χ0) is 18.4. The first-order valence-electron chi connectivity index (χ1n) is 8.88. The SMILES string of the molecule is C=CC(C)CCC=CCC(C#N)CC(C)(CC)C(=O)OCCCO. The molecule has 0 radical (unpaired) electrons. The number of ether oxygens (including phenoxy) is 1. The van der Waals surface area contributed by atoms with Gasteiger partial charge in [0.25, 0.3) is 0 Å². The van der Waals surface area contributed by atoms with Crippen LogP contribution in [0.4, 0.5) is 0 Å². The van der Waals surface area contributed by atoms with Crippen molar-refractivity contribution < 1.29 is 14.6 Å². The second-order valence-electron chi connectivity index (χ2n) is 6.65. The van der Waals surface area contributed by atoms with Crippen molar-refractivity contribution in [1.82, 2.24) is 0 Å². The van der Waals surface area contributed by atoms with Crippen LogP contribution in [0.5, 0.6) is 0 Å².